The number of alkyl halides is 2. The topological polar surface area (TPSA) is 79.5 Å². The summed E-state index contributed by atoms with van der Waals surface area (Å²) in [6.45, 7) is 0.160. The van der Waals surface area contributed by atoms with Crippen LogP contribution in [0.3, 0.4) is 0 Å². The number of fused-ring (bicyclic) bond motifs is 1. The van der Waals surface area contributed by atoms with Gasteiger partial charge in [0.05, 0.1) is 11.2 Å². The lowest BCUT2D eigenvalue weighted by atomic mass is 9.94. The van der Waals surface area contributed by atoms with Gasteiger partial charge in [0, 0.05) is 12.7 Å². The number of nitrogens with zero attached hydrogens (tertiary/aromatic N) is 3. The third-order valence-corrected chi connectivity index (χ3v) is 4.50. The highest BCUT2D eigenvalue weighted by molar-refractivity contribution is 5.94. The normalized spacial score (nSPS) is 17.8. The van der Waals surface area contributed by atoms with Gasteiger partial charge in [0.25, 0.3) is 12.3 Å². The van der Waals surface area contributed by atoms with Crippen molar-refractivity contribution < 1.29 is 18.7 Å². The third-order valence-electron chi connectivity index (χ3n) is 4.50. The Kier molecular flexibility index (Phi) is 4.75. The number of aromatic nitrogens is 3. The first-order valence-electron chi connectivity index (χ1n) is 8.12. The van der Waals surface area contributed by atoms with Gasteiger partial charge >= 0.3 is 0 Å². The molecule has 0 radical (unpaired) electrons. The molecule has 2 aromatic rings. The highest BCUT2D eigenvalue weighted by atomic mass is 19.3. The molecular weight excluding hydrogens is 318 g/mol. The maximum atomic E-state index is 12.9. The minimum Gasteiger partial charge on any atom is -0.388 e. The number of rotatable bonds is 4. The number of amides is 1. The number of carbonyl (C=O) groups is 1. The molecular formula is C16H20F2N4O2. The van der Waals surface area contributed by atoms with E-state index < -0.39 is 23.8 Å². The van der Waals surface area contributed by atoms with E-state index in [2.05, 4.69) is 15.5 Å². The van der Waals surface area contributed by atoms with Crippen molar-refractivity contribution in [3.63, 3.8) is 0 Å². The highest BCUT2D eigenvalue weighted by Crippen LogP contribution is 2.26. The first kappa shape index (κ1) is 16.8. The molecule has 0 atom stereocenters. The Labute approximate surface area is 137 Å². The molecule has 1 saturated carbocycles. The zero-order chi connectivity index (χ0) is 17.2. The van der Waals surface area contributed by atoms with Gasteiger partial charge in [0.1, 0.15) is 0 Å². The molecule has 1 aliphatic carbocycles. The van der Waals surface area contributed by atoms with E-state index in [1.165, 1.54) is 18.3 Å². The Morgan fingerprint density at radius 1 is 1.25 bits per heavy atom. The molecule has 2 heterocycles. The van der Waals surface area contributed by atoms with Crippen LogP contribution in [0, 0.1) is 0 Å². The van der Waals surface area contributed by atoms with Crippen LogP contribution < -0.4 is 5.32 Å². The Morgan fingerprint density at radius 2 is 1.96 bits per heavy atom. The summed E-state index contributed by atoms with van der Waals surface area (Å²) in [7, 11) is 0. The lowest BCUT2D eigenvalue weighted by Gasteiger charge is -2.26. The predicted molar refractivity (Wildman–Crippen MR) is 82.9 cm³/mol. The molecule has 0 spiro atoms. The van der Waals surface area contributed by atoms with Gasteiger partial charge in [-0.2, -0.15) is 0 Å². The second-order valence-corrected chi connectivity index (χ2v) is 6.33. The molecule has 1 aliphatic rings. The van der Waals surface area contributed by atoms with Crippen molar-refractivity contribution >= 4 is 11.6 Å². The Morgan fingerprint density at radius 3 is 2.62 bits per heavy atom. The lowest BCUT2D eigenvalue weighted by molar-refractivity contribution is 0.0246. The molecule has 0 unspecified atom stereocenters. The number of hydrogen-bond acceptors (Lipinski definition) is 4. The first-order chi connectivity index (χ1) is 11.5. The van der Waals surface area contributed by atoms with Crippen LogP contribution in [0.5, 0.6) is 0 Å². The summed E-state index contributed by atoms with van der Waals surface area (Å²) in [5, 5.41) is 20.3. The van der Waals surface area contributed by atoms with Crippen molar-refractivity contribution in [3.05, 3.63) is 29.7 Å². The second kappa shape index (κ2) is 6.80. The van der Waals surface area contributed by atoms with E-state index >= 15 is 0 Å². The van der Waals surface area contributed by atoms with E-state index in [1.54, 1.807) is 0 Å². The quantitative estimate of drug-likeness (QED) is 0.840. The molecule has 24 heavy (non-hydrogen) atoms. The maximum absolute atomic E-state index is 12.9. The molecule has 2 N–H and O–H groups in total. The smallest absolute Gasteiger partial charge is 0.297 e. The van der Waals surface area contributed by atoms with E-state index in [-0.39, 0.29) is 17.8 Å². The SMILES string of the molecule is O=C(NCC1(O)CCCCCC1)c1ccc2nnc(C(F)F)n2c1. The Bertz CT molecular complexity index is 724. The van der Waals surface area contributed by atoms with Crippen molar-refractivity contribution in [2.45, 2.75) is 50.6 Å². The van der Waals surface area contributed by atoms with Crippen LogP contribution in [-0.2, 0) is 0 Å². The fraction of sp³-hybridized carbons (Fsp3) is 0.562. The van der Waals surface area contributed by atoms with E-state index in [1.807, 2.05) is 0 Å². The molecule has 8 heteroatoms. The summed E-state index contributed by atoms with van der Waals surface area (Å²) >= 11 is 0. The van der Waals surface area contributed by atoms with Crippen LogP contribution in [0.15, 0.2) is 18.3 Å². The number of carbonyl (C=O) groups excluding carboxylic acids is 1. The number of hydrogen-bond donors (Lipinski definition) is 2. The van der Waals surface area contributed by atoms with Gasteiger partial charge in [0.2, 0.25) is 5.82 Å². The molecule has 0 saturated heterocycles. The molecule has 1 fully saturated rings. The molecule has 3 rings (SSSR count). The second-order valence-electron chi connectivity index (χ2n) is 6.33. The Hall–Kier alpha value is -2.09. The molecule has 130 valence electrons. The van der Waals surface area contributed by atoms with Crippen LogP contribution in [0.4, 0.5) is 8.78 Å². The summed E-state index contributed by atoms with van der Waals surface area (Å²) < 4.78 is 26.9. The van der Waals surface area contributed by atoms with Gasteiger partial charge in [-0.15, -0.1) is 10.2 Å². The van der Waals surface area contributed by atoms with Gasteiger partial charge in [-0.05, 0) is 25.0 Å². The summed E-state index contributed by atoms with van der Waals surface area (Å²) in [6, 6.07) is 2.97. The summed E-state index contributed by atoms with van der Waals surface area (Å²) in [4.78, 5) is 12.3. The Balaban J connectivity index is 1.72. The number of halogens is 2. The van der Waals surface area contributed by atoms with Crippen LogP contribution in [0.2, 0.25) is 0 Å². The average molecular weight is 338 g/mol. The molecule has 2 aromatic heterocycles. The van der Waals surface area contributed by atoms with Gasteiger partial charge in [-0.1, -0.05) is 25.7 Å². The molecule has 6 nitrogen and oxygen atoms in total. The maximum Gasteiger partial charge on any atom is 0.297 e. The van der Waals surface area contributed by atoms with Gasteiger partial charge in [-0.3, -0.25) is 9.20 Å². The average Bonchev–Trinajstić information content (AvgIpc) is 2.87. The van der Waals surface area contributed by atoms with Crippen LogP contribution >= 0.6 is 0 Å². The first-order valence-corrected chi connectivity index (χ1v) is 8.12. The number of pyridine rings is 1. The summed E-state index contributed by atoms with van der Waals surface area (Å²) in [5.74, 6) is -0.912. The van der Waals surface area contributed by atoms with E-state index in [0.29, 0.717) is 12.8 Å². The van der Waals surface area contributed by atoms with Gasteiger partial charge in [-0.25, -0.2) is 8.78 Å². The highest BCUT2D eigenvalue weighted by Gasteiger charge is 2.28. The fourth-order valence-electron chi connectivity index (χ4n) is 3.10. The third kappa shape index (κ3) is 3.53. The molecule has 0 aromatic carbocycles. The van der Waals surface area contributed by atoms with Crippen molar-refractivity contribution in [1.82, 2.24) is 19.9 Å². The van der Waals surface area contributed by atoms with E-state index in [4.69, 9.17) is 0 Å². The molecule has 0 aliphatic heterocycles. The van der Waals surface area contributed by atoms with E-state index in [9.17, 15) is 18.7 Å². The fourth-order valence-corrected chi connectivity index (χ4v) is 3.10. The van der Waals surface area contributed by atoms with Crippen molar-refractivity contribution in [1.29, 1.82) is 0 Å². The van der Waals surface area contributed by atoms with E-state index in [0.717, 1.165) is 30.1 Å². The zero-order valence-electron chi connectivity index (χ0n) is 13.2. The van der Waals surface area contributed by atoms with Crippen molar-refractivity contribution in [2.75, 3.05) is 6.54 Å². The minimum atomic E-state index is -2.77. The molecule has 0 bridgehead atoms. The lowest BCUT2D eigenvalue weighted by Crippen LogP contribution is -2.42. The summed E-state index contributed by atoms with van der Waals surface area (Å²) in [5.41, 5.74) is -0.410. The molecule has 1 amide bonds. The predicted octanol–water partition coefficient (Wildman–Crippen LogP) is 2.48. The minimum absolute atomic E-state index is 0.160. The van der Waals surface area contributed by atoms with Crippen LogP contribution in [-0.4, -0.2) is 37.8 Å². The number of nitrogens with one attached hydrogen (secondary N) is 1. The van der Waals surface area contributed by atoms with Gasteiger partial charge < -0.3 is 10.4 Å². The van der Waals surface area contributed by atoms with Crippen LogP contribution in [0.1, 0.15) is 61.1 Å². The zero-order valence-corrected chi connectivity index (χ0v) is 13.2. The number of aliphatic hydroxyl groups is 1. The van der Waals surface area contributed by atoms with Crippen molar-refractivity contribution in [2.24, 2.45) is 0 Å². The monoisotopic (exact) mass is 338 g/mol. The summed E-state index contributed by atoms with van der Waals surface area (Å²) in [6.07, 6.45) is 3.91. The van der Waals surface area contributed by atoms with Gasteiger partial charge in [0.15, 0.2) is 5.65 Å². The standard InChI is InChI=1S/C16H20F2N4O2/c17-13(18)14-21-20-12-6-5-11(9-22(12)14)15(23)19-10-16(24)7-3-1-2-4-8-16/h5-6,9,13,24H,1-4,7-8,10H2,(H,19,23). The van der Waals surface area contributed by atoms with Crippen molar-refractivity contribution in [3.8, 4) is 0 Å². The largest absolute Gasteiger partial charge is 0.388 e. The van der Waals surface area contributed by atoms with Crippen LogP contribution in [0.25, 0.3) is 5.65 Å².